The number of benzene rings is 1. The summed E-state index contributed by atoms with van der Waals surface area (Å²) in [4.78, 5) is 0. The molecule has 1 N–H and O–H groups in total. The standard InChI is InChI=1S/C11H17NO3S/c1-10-5-3-4-6-11(10)9-12-16(13,14)8-7-15-2/h3-6,12H,7-9H2,1-2H3. The maximum absolute atomic E-state index is 11.5. The Labute approximate surface area is 96.7 Å². The smallest absolute Gasteiger partial charge is 0.214 e. The van der Waals surface area contributed by atoms with E-state index < -0.39 is 10.0 Å². The van der Waals surface area contributed by atoms with Gasteiger partial charge in [0.25, 0.3) is 0 Å². The number of sulfonamides is 1. The highest BCUT2D eigenvalue weighted by Gasteiger charge is 2.09. The zero-order valence-corrected chi connectivity index (χ0v) is 10.4. The van der Waals surface area contributed by atoms with E-state index in [2.05, 4.69) is 4.72 Å². The summed E-state index contributed by atoms with van der Waals surface area (Å²) in [6, 6.07) is 7.69. The molecule has 0 heterocycles. The zero-order valence-electron chi connectivity index (χ0n) is 9.56. The Bertz CT molecular complexity index is 429. The molecule has 0 saturated carbocycles. The quantitative estimate of drug-likeness (QED) is 0.813. The lowest BCUT2D eigenvalue weighted by atomic mass is 10.1. The number of methoxy groups -OCH3 is 1. The summed E-state index contributed by atoms with van der Waals surface area (Å²) in [7, 11) is -1.75. The van der Waals surface area contributed by atoms with Crippen LogP contribution in [0.1, 0.15) is 11.1 Å². The lowest BCUT2D eigenvalue weighted by molar-refractivity contribution is 0.217. The summed E-state index contributed by atoms with van der Waals surface area (Å²) >= 11 is 0. The van der Waals surface area contributed by atoms with Gasteiger partial charge < -0.3 is 4.74 Å². The Balaban J connectivity index is 2.55. The molecule has 4 nitrogen and oxygen atoms in total. The summed E-state index contributed by atoms with van der Waals surface area (Å²) in [6.07, 6.45) is 0. The van der Waals surface area contributed by atoms with Gasteiger partial charge in [-0.2, -0.15) is 0 Å². The topological polar surface area (TPSA) is 55.4 Å². The van der Waals surface area contributed by atoms with E-state index in [0.29, 0.717) is 6.54 Å². The van der Waals surface area contributed by atoms with Crippen LogP contribution in [0.15, 0.2) is 24.3 Å². The summed E-state index contributed by atoms with van der Waals surface area (Å²) in [5.74, 6) is -0.00458. The van der Waals surface area contributed by atoms with E-state index in [1.54, 1.807) is 0 Å². The van der Waals surface area contributed by atoms with Crippen molar-refractivity contribution in [2.24, 2.45) is 0 Å². The second kappa shape index (κ2) is 5.98. The zero-order chi connectivity index (χ0) is 12.0. The van der Waals surface area contributed by atoms with Crippen LogP contribution in [0.25, 0.3) is 0 Å². The van der Waals surface area contributed by atoms with Crippen molar-refractivity contribution in [1.29, 1.82) is 0 Å². The first kappa shape index (κ1) is 13.2. The fourth-order valence-electron chi connectivity index (χ4n) is 1.26. The molecular formula is C11H17NO3S. The van der Waals surface area contributed by atoms with Gasteiger partial charge in [0.05, 0.1) is 12.4 Å². The van der Waals surface area contributed by atoms with Gasteiger partial charge in [0, 0.05) is 13.7 Å². The van der Waals surface area contributed by atoms with Crippen molar-refractivity contribution >= 4 is 10.0 Å². The molecule has 0 spiro atoms. The van der Waals surface area contributed by atoms with E-state index in [9.17, 15) is 8.42 Å². The lowest BCUT2D eigenvalue weighted by Gasteiger charge is -2.08. The van der Waals surface area contributed by atoms with Crippen molar-refractivity contribution in [3.63, 3.8) is 0 Å². The fraction of sp³-hybridized carbons (Fsp3) is 0.455. The fourth-order valence-corrected chi connectivity index (χ4v) is 2.17. The molecule has 1 rings (SSSR count). The van der Waals surface area contributed by atoms with E-state index in [1.165, 1.54) is 7.11 Å². The third-order valence-corrected chi connectivity index (χ3v) is 3.59. The minimum atomic E-state index is -3.23. The Kier molecular flexibility index (Phi) is 4.92. The van der Waals surface area contributed by atoms with Crippen molar-refractivity contribution in [3.8, 4) is 0 Å². The summed E-state index contributed by atoms with van der Waals surface area (Å²) in [5.41, 5.74) is 2.07. The van der Waals surface area contributed by atoms with E-state index >= 15 is 0 Å². The number of aryl methyl sites for hydroxylation is 1. The molecule has 0 aliphatic heterocycles. The molecular weight excluding hydrogens is 226 g/mol. The Morgan fingerprint density at radius 2 is 2.00 bits per heavy atom. The SMILES string of the molecule is COCCS(=O)(=O)NCc1ccccc1C. The van der Waals surface area contributed by atoms with E-state index in [-0.39, 0.29) is 12.4 Å². The van der Waals surface area contributed by atoms with Crippen molar-refractivity contribution in [2.75, 3.05) is 19.5 Å². The summed E-state index contributed by atoms with van der Waals surface area (Å²) in [5, 5.41) is 0. The molecule has 90 valence electrons. The highest BCUT2D eigenvalue weighted by Crippen LogP contribution is 2.06. The number of rotatable bonds is 6. The molecule has 0 aliphatic carbocycles. The lowest BCUT2D eigenvalue weighted by Crippen LogP contribution is -2.28. The Hall–Kier alpha value is -0.910. The van der Waals surface area contributed by atoms with Crippen LogP contribution in [0.4, 0.5) is 0 Å². The molecule has 0 radical (unpaired) electrons. The van der Waals surface area contributed by atoms with Crippen LogP contribution in [0.2, 0.25) is 0 Å². The predicted molar refractivity (Wildman–Crippen MR) is 63.7 cm³/mol. The van der Waals surface area contributed by atoms with E-state index in [0.717, 1.165) is 11.1 Å². The van der Waals surface area contributed by atoms with Gasteiger partial charge in [0.1, 0.15) is 0 Å². The first-order valence-electron chi connectivity index (χ1n) is 5.06. The molecule has 0 unspecified atom stereocenters. The minimum absolute atomic E-state index is 0.00458. The second-order valence-electron chi connectivity index (χ2n) is 3.56. The van der Waals surface area contributed by atoms with Crippen LogP contribution < -0.4 is 4.72 Å². The summed E-state index contributed by atoms with van der Waals surface area (Å²) < 4.78 is 30.2. The largest absolute Gasteiger partial charge is 0.384 e. The van der Waals surface area contributed by atoms with Crippen LogP contribution in [-0.4, -0.2) is 27.9 Å². The van der Waals surface area contributed by atoms with Gasteiger partial charge in [-0.15, -0.1) is 0 Å². The predicted octanol–water partition coefficient (Wildman–Crippen LogP) is 1.06. The normalized spacial score (nSPS) is 11.6. The van der Waals surface area contributed by atoms with Crippen molar-refractivity contribution in [2.45, 2.75) is 13.5 Å². The first-order valence-corrected chi connectivity index (χ1v) is 6.71. The molecule has 0 bridgehead atoms. The molecule has 0 amide bonds. The Morgan fingerprint density at radius 1 is 1.31 bits per heavy atom. The maximum atomic E-state index is 11.5. The van der Waals surface area contributed by atoms with Crippen LogP contribution in [-0.2, 0) is 21.3 Å². The van der Waals surface area contributed by atoms with Gasteiger partial charge in [0.2, 0.25) is 10.0 Å². The monoisotopic (exact) mass is 243 g/mol. The first-order chi connectivity index (χ1) is 7.55. The van der Waals surface area contributed by atoms with Gasteiger partial charge in [0.15, 0.2) is 0 Å². The highest BCUT2D eigenvalue weighted by molar-refractivity contribution is 7.89. The van der Waals surface area contributed by atoms with Crippen LogP contribution in [0.3, 0.4) is 0 Å². The molecule has 0 fully saturated rings. The van der Waals surface area contributed by atoms with Gasteiger partial charge in [-0.05, 0) is 18.1 Å². The third kappa shape index (κ3) is 4.30. The molecule has 0 atom stereocenters. The average Bonchev–Trinajstić information content (AvgIpc) is 2.26. The number of nitrogens with one attached hydrogen (secondary N) is 1. The van der Waals surface area contributed by atoms with Gasteiger partial charge >= 0.3 is 0 Å². The minimum Gasteiger partial charge on any atom is -0.384 e. The van der Waals surface area contributed by atoms with Crippen LogP contribution >= 0.6 is 0 Å². The van der Waals surface area contributed by atoms with E-state index in [1.807, 2.05) is 31.2 Å². The third-order valence-electron chi connectivity index (χ3n) is 2.30. The maximum Gasteiger partial charge on any atom is 0.214 e. The van der Waals surface area contributed by atoms with Gasteiger partial charge in [-0.25, -0.2) is 13.1 Å². The average molecular weight is 243 g/mol. The number of ether oxygens (including phenoxy) is 1. The molecule has 1 aromatic rings. The molecule has 0 saturated heterocycles. The summed E-state index contributed by atoms with van der Waals surface area (Å²) in [6.45, 7) is 2.50. The van der Waals surface area contributed by atoms with Gasteiger partial charge in [-0.3, -0.25) is 0 Å². The highest BCUT2D eigenvalue weighted by atomic mass is 32.2. The van der Waals surface area contributed by atoms with Gasteiger partial charge in [-0.1, -0.05) is 24.3 Å². The molecule has 5 heteroatoms. The number of hydrogen-bond acceptors (Lipinski definition) is 3. The van der Waals surface area contributed by atoms with Crippen LogP contribution in [0, 0.1) is 6.92 Å². The van der Waals surface area contributed by atoms with Crippen LogP contribution in [0.5, 0.6) is 0 Å². The van der Waals surface area contributed by atoms with Crippen molar-refractivity contribution < 1.29 is 13.2 Å². The second-order valence-corrected chi connectivity index (χ2v) is 5.49. The van der Waals surface area contributed by atoms with E-state index in [4.69, 9.17) is 4.74 Å². The van der Waals surface area contributed by atoms with Crippen molar-refractivity contribution in [3.05, 3.63) is 35.4 Å². The number of hydrogen-bond donors (Lipinski definition) is 1. The molecule has 16 heavy (non-hydrogen) atoms. The molecule has 1 aromatic carbocycles. The molecule has 0 aliphatic rings. The Morgan fingerprint density at radius 3 is 2.62 bits per heavy atom. The van der Waals surface area contributed by atoms with Crippen molar-refractivity contribution in [1.82, 2.24) is 4.72 Å². The molecule has 0 aromatic heterocycles.